The van der Waals surface area contributed by atoms with Crippen LogP contribution in [0.4, 0.5) is 0 Å². The summed E-state index contributed by atoms with van der Waals surface area (Å²) in [7, 11) is 0. The molecule has 1 atom stereocenters. The number of nitrogens with zero attached hydrogens (tertiary/aromatic N) is 2. The molecule has 1 aromatic heterocycles. The SMILES string of the molecule is CCCn1nccc1C(NN)C(C)(C)OCC. The van der Waals surface area contributed by atoms with Crippen LogP contribution in [0.5, 0.6) is 0 Å². The van der Waals surface area contributed by atoms with Crippen molar-refractivity contribution in [2.24, 2.45) is 5.84 Å². The van der Waals surface area contributed by atoms with Crippen molar-refractivity contribution in [2.75, 3.05) is 6.61 Å². The number of hydrogen-bond acceptors (Lipinski definition) is 4. The van der Waals surface area contributed by atoms with Crippen molar-refractivity contribution in [1.29, 1.82) is 0 Å². The van der Waals surface area contributed by atoms with Crippen LogP contribution in [-0.4, -0.2) is 22.0 Å². The first-order valence-corrected chi connectivity index (χ1v) is 6.18. The Hall–Kier alpha value is -0.910. The summed E-state index contributed by atoms with van der Waals surface area (Å²) in [6.45, 7) is 9.73. The van der Waals surface area contributed by atoms with E-state index in [1.54, 1.807) is 6.20 Å². The van der Waals surface area contributed by atoms with Crippen LogP contribution in [0, 0.1) is 0 Å². The Kier molecular flexibility index (Phi) is 5.11. The molecule has 1 unspecified atom stereocenters. The van der Waals surface area contributed by atoms with E-state index < -0.39 is 0 Å². The van der Waals surface area contributed by atoms with E-state index in [9.17, 15) is 0 Å². The van der Waals surface area contributed by atoms with Gasteiger partial charge in [0.2, 0.25) is 0 Å². The van der Waals surface area contributed by atoms with Crippen molar-refractivity contribution >= 4 is 0 Å². The van der Waals surface area contributed by atoms with Crippen molar-refractivity contribution in [3.63, 3.8) is 0 Å². The van der Waals surface area contributed by atoms with Crippen LogP contribution >= 0.6 is 0 Å². The highest BCUT2D eigenvalue weighted by Crippen LogP contribution is 2.28. The molecular formula is C12H24N4O. The van der Waals surface area contributed by atoms with Gasteiger partial charge in [-0.2, -0.15) is 5.10 Å². The maximum absolute atomic E-state index is 5.76. The summed E-state index contributed by atoms with van der Waals surface area (Å²) >= 11 is 0. The van der Waals surface area contributed by atoms with Gasteiger partial charge in [0, 0.05) is 19.3 Å². The third kappa shape index (κ3) is 3.28. The van der Waals surface area contributed by atoms with E-state index in [0.717, 1.165) is 18.7 Å². The molecule has 0 aromatic carbocycles. The Bertz CT molecular complexity index is 335. The highest BCUT2D eigenvalue weighted by Gasteiger charge is 2.32. The van der Waals surface area contributed by atoms with Crippen LogP contribution in [0.15, 0.2) is 12.3 Å². The van der Waals surface area contributed by atoms with Gasteiger partial charge in [-0.3, -0.25) is 10.5 Å². The Morgan fingerprint density at radius 2 is 2.24 bits per heavy atom. The van der Waals surface area contributed by atoms with E-state index in [1.165, 1.54) is 0 Å². The number of rotatable bonds is 7. The first-order chi connectivity index (χ1) is 8.06. The summed E-state index contributed by atoms with van der Waals surface area (Å²) < 4.78 is 7.73. The fourth-order valence-corrected chi connectivity index (χ4v) is 2.08. The number of aryl methyl sites for hydroxylation is 1. The molecule has 0 aliphatic rings. The molecule has 1 aromatic rings. The van der Waals surface area contributed by atoms with Crippen molar-refractivity contribution in [3.05, 3.63) is 18.0 Å². The van der Waals surface area contributed by atoms with Gasteiger partial charge >= 0.3 is 0 Å². The van der Waals surface area contributed by atoms with Gasteiger partial charge in [0.15, 0.2) is 0 Å². The quantitative estimate of drug-likeness (QED) is 0.561. The molecule has 0 radical (unpaired) electrons. The summed E-state index contributed by atoms with van der Waals surface area (Å²) in [4.78, 5) is 0. The molecule has 0 bridgehead atoms. The lowest BCUT2D eigenvalue weighted by atomic mass is 9.96. The fourth-order valence-electron chi connectivity index (χ4n) is 2.08. The summed E-state index contributed by atoms with van der Waals surface area (Å²) in [5.41, 5.74) is 3.54. The summed E-state index contributed by atoms with van der Waals surface area (Å²) in [6.07, 6.45) is 2.85. The van der Waals surface area contributed by atoms with E-state index in [2.05, 4.69) is 17.4 Å². The second kappa shape index (κ2) is 6.14. The number of aromatic nitrogens is 2. The summed E-state index contributed by atoms with van der Waals surface area (Å²) in [5, 5.41) is 4.31. The van der Waals surface area contributed by atoms with Crippen LogP contribution in [0.25, 0.3) is 0 Å². The lowest BCUT2D eigenvalue weighted by Gasteiger charge is -2.33. The van der Waals surface area contributed by atoms with E-state index in [-0.39, 0.29) is 11.6 Å². The van der Waals surface area contributed by atoms with E-state index >= 15 is 0 Å². The standard InChI is InChI=1S/C12H24N4O/c1-5-9-16-10(7-8-14-16)11(15-13)12(3,4)17-6-2/h7-8,11,15H,5-6,9,13H2,1-4H3. The summed E-state index contributed by atoms with van der Waals surface area (Å²) in [5.74, 6) is 5.67. The second-order valence-corrected chi connectivity index (χ2v) is 4.62. The zero-order valence-corrected chi connectivity index (χ0v) is 11.2. The molecule has 0 aliphatic carbocycles. The number of nitrogens with two attached hydrogens (primary N) is 1. The van der Waals surface area contributed by atoms with Crippen LogP contribution in [0.3, 0.4) is 0 Å². The van der Waals surface area contributed by atoms with Crippen LogP contribution in [0.2, 0.25) is 0 Å². The predicted octanol–water partition coefficient (Wildman–Crippen LogP) is 1.61. The minimum Gasteiger partial charge on any atom is -0.374 e. The third-order valence-corrected chi connectivity index (χ3v) is 2.86. The molecule has 0 aliphatic heterocycles. The van der Waals surface area contributed by atoms with Crippen molar-refractivity contribution < 1.29 is 4.74 Å². The highest BCUT2D eigenvalue weighted by atomic mass is 16.5. The number of hydrazine groups is 1. The van der Waals surface area contributed by atoms with Gasteiger partial charge in [0.25, 0.3) is 0 Å². The monoisotopic (exact) mass is 240 g/mol. The zero-order chi connectivity index (χ0) is 12.9. The molecule has 3 N–H and O–H groups in total. The molecule has 5 nitrogen and oxygen atoms in total. The van der Waals surface area contributed by atoms with Crippen molar-refractivity contribution in [2.45, 2.75) is 52.3 Å². The van der Waals surface area contributed by atoms with Gasteiger partial charge in [-0.05, 0) is 33.3 Å². The smallest absolute Gasteiger partial charge is 0.0912 e. The predicted molar refractivity (Wildman–Crippen MR) is 68.3 cm³/mol. The molecule has 0 saturated heterocycles. The van der Waals surface area contributed by atoms with Gasteiger partial charge in [-0.15, -0.1) is 0 Å². The van der Waals surface area contributed by atoms with Crippen LogP contribution in [0.1, 0.15) is 45.9 Å². The molecular weight excluding hydrogens is 216 g/mol. The van der Waals surface area contributed by atoms with Gasteiger partial charge < -0.3 is 4.74 Å². The summed E-state index contributed by atoms with van der Waals surface area (Å²) in [6, 6.07) is 1.91. The van der Waals surface area contributed by atoms with Crippen LogP contribution in [-0.2, 0) is 11.3 Å². The van der Waals surface area contributed by atoms with E-state index in [4.69, 9.17) is 10.6 Å². The van der Waals surface area contributed by atoms with E-state index in [1.807, 2.05) is 31.5 Å². The molecule has 0 spiro atoms. The zero-order valence-electron chi connectivity index (χ0n) is 11.2. The Morgan fingerprint density at radius 1 is 1.53 bits per heavy atom. The van der Waals surface area contributed by atoms with Crippen molar-refractivity contribution in [1.82, 2.24) is 15.2 Å². The average molecular weight is 240 g/mol. The normalized spacial score (nSPS) is 13.9. The van der Waals surface area contributed by atoms with Gasteiger partial charge in [0.05, 0.1) is 17.3 Å². The Labute approximate surface area is 103 Å². The topological polar surface area (TPSA) is 65.1 Å². The third-order valence-electron chi connectivity index (χ3n) is 2.86. The van der Waals surface area contributed by atoms with Gasteiger partial charge in [0.1, 0.15) is 0 Å². The maximum atomic E-state index is 5.76. The molecule has 5 heteroatoms. The molecule has 0 fully saturated rings. The van der Waals surface area contributed by atoms with Crippen molar-refractivity contribution in [3.8, 4) is 0 Å². The molecule has 17 heavy (non-hydrogen) atoms. The second-order valence-electron chi connectivity index (χ2n) is 4.62. The van der Waals surface area contributed by atoms with Gasteiger partial charge in [-0.25, -0.2) is 5.43 Å². The molecule has 98 valence electrons. The minimum absolute atomic E-state index is 0.0727. The molecule has 1 rings (SSSR count). The maximum Gasteiger partial charge on any atom is 0.0912 e. The van der Waals surface area contributed by atoms with Gasteiger partial charge in [-0.1, -0.05) is 6.92 Å². The fraction of sp³-hybridized carbons (Fsp3) is 0.750. The lowest BCUT2D eigenvalue weighted by Crippen LogP contribution is -2.45. The average Bonchev–Trinajstić information content (AvgIpc) is 2.67. The molecule has 0 saturated carbocycles. The van der Waals surface area contributed by atoms with Crippen LogP contribution < -0.4 is 11.3 Å². The number of nitrogens with one attached hydrogen (secondary N) is 1. The van der Waals surface area contributed by atoms with E-state index in [0.29, 0.717) is 6.61 Å². The highest BCUT2D eigenvalue weighted by molar-refractivity contribution is 5.11. The lowest BCUT2D eigenvalue weighted by molar-refractivity contribution is -0.0413. The number of hydrogen-bond donors (Lipinski definition) is 2. The Morgan fingerprint density at radius 3 is 2.76 bits per heavy atom. The first kappa shape index (κ1) is 14.2. The molecule has 1 heterocycles. The Balaban J connectivity index is 2.96. The largest absolute Gasteiger partial charge is 0.374 e. The minimum atomic E-state index is -0.366. The molecule has 0 amide bonds. The first-order valence-electron chi connectivity index (χ1n) is 6.18. The number of ether oxygens (including phenoxy) is 1.